The first-order valence-corrected chi connectivity index (χ1v) is 4.64. The fraction of sp³-hybridized carbons (Fsp3) is 1.00. The van der Waals surface area contributed by atoms with Crippen molar-refractivity contribution in [3.8, 4) is 0 Å². The minimum Gasteiger partial charge on any atom is -0.326 e. The molecule has 1 saturated heterocycles. The summed E-state index contributed by atoms with van der Waals surface area (Å²) in [6, 6.07) is 1.27. The first kappa shape index (κ1) is 7.56. The van der Waals surface area contributed by atoms with Crippen molar-refractivity contribution in [2.45, 2.75) is 50.7 Å². The smallest absolute Gasteiger partial charge is 0.0307 e. The van der Waals surface area contributed by atoms with Gasteiger partial charge in [0.15, 0.2) is 0 Å². The Kier molecular flexibility index (Phi) is 1.52. The zero-order valence-corrected chi connectivity index (χ0v) is 7.51. The number of likely N-dealkylation sites (tertiary alicyclic amines) is 1. The fourth-order valence-corrected chi connectivity index (χ4v) is 2.17. The summed E-state index contributed by atoms with van der Waals surface area (Å²) in [5, 5.41) is 0. The summed E-state index contributed by atoms with van der Waals surface area (Å²) in [7, 11) is 0. The molecule has 2 fully saturated rings. The second-order valence-electron chi connectivity index (χ2n) is 4.47. The van der Waals surface area contributed by atoms with Crippen molar-refractivity contribution in [3.05, 3.63) is 0 Å². The maximum Gasteiger partial charge on any atom is 0.0307 e. The number of hydrogen-bond acceptors (Lipinski definition) is 2. The van der Waals surface area contributed by atoms with E-state index in [-0.39, 0.29) is 5.54 Å². The van der Waals surface area contributed by atoms with Gasteiger partial charge in [0.25, 0.3) is 0 Å². The summed E-state index contributed by atoms with van der Waals surface area (Å²) >= 11 is 0. The van der Waals surface area contributed by atoms with E-state index in [2.05, 4.69) is 18.7 Å². The molecule has 0 bridgehead atoms. The molecule has 1 aliphatic heterocycles. The molecule has 2 aliphatic rings. The van der Waals surface area contributed by atoms with E-state index in [1.165, 1.54) is 25.8 Å². The highest BCUT2D eigenvalue weighted by Crippen LogP contribution is 2.38. The molecule has 1 aliphatic carbocycles. The van der Waals surface area contributed by atoms with Gasteiger partial charge in [-0.15, -0.1) is 0 Å². The van der Waals surface area contributed by atoms with Crippen LogP contribution in [-0.4, -0.2) is 29.1 Å². The van der Waals surface area contributed by atoms with Gasteiger partial charge in [-0.3, -0.25) is 4.90 Å². The van der Waals surface area contributed by atoms with Crippen LogP contribution in [0.4, 0.5) is 0 Å². The highest BCUT2D eigenvalue weighted by Gasteiger charge is 2.45. The highest BCUT2D eigenvalue weighted by molar-refractivity contribution is 5.03. The molecule has 1 heterocycles. The van der Waals surface area contributed by atoms with Gasteiger partial charge in [0.2, 0.25) is 0 Å². The zero-order valence-electron chi connectivity index (χ0n) is 7.51. The summed E-state index contributed by atoms with van der Waals surface area (Å²) in [4.78, 5) is 2.59. The minimum absolute atomic E-state index is 0.265. The largest absolute Gasteiger partial charge is 0.326 e. The van der Waals surface area contributed by atoms with E-state index in [9.17, 15) is 0 Å². The van der Waals surface area contributed by atoms with Gasteiger partial charge < -0.3 is 5.73 Å². The van der Waals surface area contributed by atoms with E-state index in [4.69, 9.17) is 5.73 Å². The minimum atomic E-state index is 0.265. The van der Waals surface area contributed by atoms with Crippen molar-refractivity contribution in [2.24, 2.45) is 5.73 Å². The average Bonchev–Trinajstić information content (AvgIpc) is 2.67. The summed E-state index contributed by atoms with van der Waals surface area (Å²) < 4.78 is 0. The van der Waals surface area contributed by atoms with Crippen LogP contribution < -0.4 is 5.73 Å². The summed E-state index contributed by atoms with van der Waals surface area (Å²) in [5.74, 6) is 0. The predicted molar refractivity (Wildman–Crippen MR) is 46.4 cm³/mol. The second-order valence-corrected chi connectivity index (χ2v) is 4.47. The summed E-state index contributed by atoms with van der Waals surface area (Å²) in [5.41, 5.74) is 6.29. The van der Waals surface area contributed by atoms with E-state index in [1.807, 2.05) is 0 Å². The van der Waals surface area contributed by atoms with Crippen LogP contribution in [0.2, 0.25) is 0 Å². The Balaban J connectivity index is 2.10. The summed E-state index contributed by atoms with van der Waals surface area (Å²) in [6.45, 7) is 5.78. The van der Waals surface area contributed by atoms with Gasteiger partial charge in [-0.1, -0.05) is 0 Å². The van der Waals surface area contributed by atoms with E-state index < -0.39 is 0 Å². The molecule has 0 aromatic carbocycles. The molecule has 1 atom stereocenters. The van der Waals surface area contributed by atoms with Crippen molar-refractivity contribution in [3.63, 3.8) is 0 Å². The lowest BCUT2D eigenvalue weighted by atomic mass is 9.97. The first-order chi connectivity index (χ1) is 5.12. The number of nitrogens with two attached hydrogens (primary N) is 1. The average molecular weight is 154 g/mol. The van der Waals surface area contributed by atoms with Crippen molar-refractivity contribution >= 4 is 0 Å². The SMILES string of the molecule is CC1(C)C(N)CCN1C1CC1. The van der Waals surface area contributed by atoms with Crippen LogP contribution >= 0.6 is 0 Å². The van der Waals surface area contributed by atoms with Crippen molar-refractivity contribution in [1.29, 1.82) is 0 Å². The molecule has 0 amide bonds. The van der Waals surface area contributed by atoms with Gasteiger partial charge in [0.1, 0.15) is 0 Å². The molecule has 0 spiro atoms. The van der Waals surface area contributed by atoms with Crippen LogP contribution in [0.5, 0.6) is 0 Å². The number of nitrogens with zero attached hydrogens (tertiary/aromatic N) is 1. The van der Waals surface area contributed by atoms with Crippen LogP contribution in [0.15, 0.2) is 0 Å². The van der Waals surface area contributed by atoms with Crippen LogP contribution in [0.25, 0.3) is 0 Å². The molecule has 2 rings (SSSR count). The van der Waals surface area contributed by atoms with Crippen LogP contribution in [0.1, 0.15) is 33.1 Å². The monoisotopic (exact) mass is 154 g/mol. The first-order valence-electron chi connectivity index (χ1n) is 4.64. The lowest BCUT2D eigenvalue weighted by Crippen LogP contribution is -2.49. The molecule has 2 nitrogen and oxygen atoms in total. The van der Waals surface area contributed by atoms with Crippen molar-refractivity contribution < 1.29 is 0 Å². The van der Waals surface area contributed by atoms with Gasteiger partial charge in [0, 0.05) is 24.2 Å². The van der Waals surface area contributed by atoms with Crippen molar-refractivity contribution in [2.75, 3.05) is 6.54 Å². The molecular weight excluding hydrogens is 136 g/mol. The molecule has 0 radical (unpaired) electrons. The van der Waals surface area contributed by atoms with Crippen LogP contribution in [0.3, 0.4) is 0 Å². The molecular formula is C9H18N2. The Hall–Kier alpha value is -0.0800. The quantitative estimate of drug-likeness (QED) is 0.609. The molecule has 2 heteroatoms. The highest BCUT2D eigenvalue weighted by atomic mass is 15.3. The van der Waals surface area contributed by atoms with Gasteiger partial charge >= 0.3 is 0 Å². The van der Waals surface area contributed by atoms with Crippen LogP contribution in [0, 0.1) is 0 Å². The Bertz CT molecular complexity index is 161. The lowest BCUT2D eigenvalue weighted by molar-refractivity contribution is 0.153. The van der Waals surface area contributed by atoms with Crippen molar-refractivity contribution in [1.82, 2.24) is 4.90 Å². The molecule has 0 aromatic rings. The standard InChI is InChI=1S/C9H18N2/c1-9(2)8(10)5-6-11(9)7-3-4-7/h7-8H,3-6,10H2,1-2H3. The molecule has 64 valence electrons. The van der Waals surface area contributed by atoms with Crippen LogP contribution in [-0.2, 0) is 0 Å². The molecule has 0 aromatic heterocycles. The van der Waals surface area contributed by atoms with E-state index in [1.54, 1.807) is 0 Å². The van der Waals surface area contributed by atoms with E-state index in [0.29, 0.717) is 6.04 Å². The third-order valence-corrected chi connectivity index (χ3v) is 3.32. The Morgan fingerprint density at radius 3 is 2.27 bits per heavy atom. The lowest BCUT2D eigenvalue weighted by Gasteiger charge is -2.34. The fourth-order valence-electron chi connectivity index (χ4n) is 2.17. The predicted octanol–water partition coefficient (Wildman–Crippen LogP) is 0.960. The number of rotatable bonds is 1. The van der Waals surface area contributed by atoms with Gasteiger partial charge in [-0.25, -0.2) is 0 Å². The third kappa shape index (κ3) is 1.09. The van der Waals surface area contributed by atoms with Gasteiger partial charge in [-0.2, -0.15) is 0 Å². The molecule has 2 N–H and O–H groups in total. The molecule has 1 saturated carbocycles. The summed E-state index contributed by atoms with van der Waals surface area (Å²) in [6.07, 6.45) is 3.98. The molecule has 1 unspecified atom stereocenters. The van der Waals surface area contributed by atoms with Gasteiger partial charge in [0.05, 0.1) is 0 Å². The van der Waals surface area contributed by atoms with E-state index in [0.717, 1.165) is 6.04 Å². The second kappa shape index (κ2) is 2.20. The molecule has 11 heavy (non-hydrogen) atoms. The van der Waals surface area contributed by atoms with E-state index >= 15 is 0 Å². The zero-order chi connectivity index (χ0) is 8.06. The maximum atomic E-state index is 6.03. The Labute approximate surface area is 68.7 Å². The third-order valence-electron chi connectivity index (χ3n) is 3.32. The Morgan fingerprint density at radius 2 is 1.91 bits per heavy atom. The number of hydrogen-bond donors (Lipinski definition) is 1. The Morgan fingerprint density at radius 1 is 1.27 bits per heavy atom. The normalized spacial score (nSPS) is 37.9. The maximum absolute atomic E-state index is 6.03. The topological polar surface area (TPSA) is 29.3 Å². The van der Waals surface area contributed by atoms with Gasteiger partial charge in [-0.05, 0) is 33.1 Å².